The van der Waals surface area contributed by atoms with Crippen LogP contribution in [0.1, 0.15) is 45.7 Å². The maximum absolute atomic E-state index is 12.9. The third-order valence-corrected chi connectivity index (χ3v) is 3.84. The highest BCUT2D eigenvalue weighted by Gasteiger charge is 2.36. The van der Waals surface area contributed by atoms with Crippen molar-refractivity contribution < 1.29 is 28.6 Å². The van der Waals surface area contributed by atoms with Crippen LogP contribution in [0.25, 0.3) is 0 Å². The summed E-state index contributed by atoms with van der Waals surface area (Å²) in [5.41, 5.74) is 0.853. The lowest BCUT2D eigenvalue weighted by Crippen LogP contribution is -2.22. The molecule has 0 atom stereocenters. The maximum Gasteiger partial charge on any atom is 0.308 e. The molecule has 0 fully saturated rings. The third kappa shape index (κ3) is 2.65. The van der Waals surface area contributed by atoms with Gasteiger partial charge in [0, 0.05) is 23.6 Å². The van der Waals surface area contributed by atoms with E-state index < -0.39 is 5.97 Å². The van der Waals surface area contributed by atoms with Gasteiger partial charge in [0.15, 0.2) is 23.1 Å². The maximum atomic E-state index is 12.9. The molecule has 0 aromatic heterocycles. The van der Waals surface area contributed by atoms with Crippen LogP contribution >= 0.6 is 0 Å². The van der Waals surface area contributed by atoms with Gasteiger partial charge in [0.05, 0.1) is 19.3 Å². The second-order valence-corrected chi connectivity index (χ2v) is 5.39. The Morgan fingerprint density at radius 3 is 2.20 bits per heavy atom. The standard InChI is InChI=1S/C19H16O6/c1-4-24-18-14(25-10(2)20)9-13-15(19(18)23-3)17(22)12-8-6-5-7-11(12)16(13)21/h5-9H,4H2,1-3H3. The van der Waals surface area contributed by atoms with E-state index in [2.05, 4.69) is 0 Å². The van der Waals surface area contributed by atoms with Gasteiger partial charge in [-0.15, -0.1) is 0 Å². The molecule has 0 spiro atoms. The topological polar surface area (TPSA) is 78.9 Å². The molecule has 0 aliphatic heterocycles. The Hall–Kier alpha value is -3.15. The van der Waals surface area contributed by atoms with Crippen LogP contribution in [0.5, 0.6) is 17.2 Å². The average molecular weight is 340 g/mol. The second-order valence-electron chi connectivity index (χ2n) is 5.39. The van der Waals surface area contributed by atoms with E-state index in [1.165, 1.54) is 20.1 Å². The van der Waals surface area contributed by atoms with Crippen LogP contribution in [-0.4, -0.2) is 31.3 Å². The molecule has 3 rings (SSSR count). The number of carbonyl (C=O) groups is 3. The minimum absolute atomic E-state index is 0.0467. The molecule has 1 aliphatic rings. The van der Waals surface area contributed by atoms with E-state index in [1.54, 1.807) is 31.2 Å². The summed E-state index contributed by atoms with van der Waals surface area (Å²) >= 11 is 0. The van der Waals surface area contributed by atoms with E-state index >= 15 is 0 Å². The molecule has 0 amide bonds. The second kappa shape index (κ2) is 6.39. The third-order valence-electron chi connectivity index (χ3n) is 3.84. The fourth-order valence-corrected chi connectivity index (χ4v) is 2.89. The summed E-state index contributed by atoms with van der Waals surface area (Å²) < 4.78 is 16.1. The van der Waals surface area contributed by atoms with Gasteiger partial charge in [-0.1, -0.05) is 24.3 Å². The molecule has 25 heavy (non-hydrogen) atoms. The lowest BCUT2D eigenvalue weighted by molar-refractivity contribution is -0.132. The number of rotatable bonds is 4. The Morgan fingerprint density at radius 1 is 1.00 bits per heavy atom. The number of ether oxygens (including phenoxy) is 3. The van der Waals surface area contributed by atoms with Crippen molar-refractivity contribution in [3.05, 3.63) is 52.6 Å². The zero-order valence-electron chi connectivity index (χ0n) is 14.0. The van der Waals surface area contributed by atoms with Crippen LogP contribution in [-0.2, 0) is 4.79 Å². The molecular formula is C19H16O6. The summed E-state index contributed by atoms with van der Waals surface area (Å²) in [6.45, 7) is 3.25. The van der Waals surface area contributed by atoms with Crippen molar-refractivity contribution in [2.24, 2.45) is 0 Å². The fourth-order valence-electron chi connectivity index (χ4n) is 2.89. The normalized spacial score (nSPS) is 12.3. The Bertz CT molecular complexity index is 897. The molecule has 2 aromatic rings. The molecule has 2 aromatic carbocycles. The SMILES string of the molecule is CCOc1c(OC(C)=O)cc2c(c1OC)C(=O)c1ccccc1C2=O. The van der Waals surface area contributed by atoms with Gasteiger partial charge in [-0.3, -0.25) is 14.4 Å². The van der Waals surface area contributed by atoms with Crippen LogP contribution in [0.15, 0.2) is 30.3 Å². The summed E-state index contributed by atoms with van der Waals surface area (Å²) in [7, 11) is 1.37. The summed E-state index contributed by atoms with van der Waals surface area (Å²) in [5.74, 6) is -0.983. The molecule has 0 unspecified atom stereocenters. The van der Waals surface area contributed by atoms with Crippen LogP contribution < -0.4 is 14.2 Å². The smallest absolute Gasteiger partial charge is 0.308 e. The van der Waals surface area contributed by atoms with Crippen LogP contribution in [0.2, 0.25) is 0 Å². The monoisotopic (exact) mass is 340 g/mol. The summed E-state index contributed by atoms with van der Waals surface area (Å²) in [6, 6.07) is 7.93. The Kier molecular flexibility index (Phi) is 4.27. The number of ketones is 2. The molecule has 0 radical (unpaired) electrons. The highest BCUT2D eigenvalue weighted by molar-refractivity contribution is 6.29. The number of carbonyl (C=O) groups excluding carboxylic acids is 3. The fraction of sp³-hybridized carbons (Fsp3) is 0.211. The van der Waals surface area contributed by atoms with Gasteiger partial charge in [0.2, 0.25) is 5.75 Å². The molecule has 1 aliphatic carbocycles. The highest BCUT2D eigenvalue weighted by Crippen LogP contribution is 2.45. The first kappa shape index (κ1) is 16.7. The quantitative estimate of drug-likeness (QED) is 0.537. The number of hydrogen-bond donors (Lipinski definition) is 0. The first-order chi connectivity index (χ1) is 12.0. The van der Waals surface area contributed by atoms with Gasteiger partial charge in [-0.2, -0.15) is 0 Å². The Morgan fingerprint density at radius 2 is 1.64 bits per heavy atom. The van der Waals surface area contributed by atoms with Crippen molar-refractivity contribution in [3.8, 4) is 17.2 Å². The molecule has 0 saturated heterocycles. The molecule has 0 heterocycles. The van der Waals surface area contributed by atoms with E-state index in [-0.39, 0.29) is 46.5 Å². The molecule has 0 saturated carbocycles. The van der Waals surface area contributed by atoms with Crippen molar-refractivity contribution in [3.63, 3.8) is 0 Å². The zero-order chi connectivity index (χ0) is 18.1. The number of esters is 1. The van der Waals surface area contributed by atoms with Crippen molar-refractivity contribution in [2.45, 2.75) is 13.8 Å². The molecule has 6 nitrogen and oxygen atoms in total. The lowest BCUT2D eigenvalue weighted by atomic mass is 9.83. The van der Waals surface area contributed by atoms with E-state index in [0.717, 1.165) is 0 Å². The predicted molar refractivity (Wildman–Crippen MR) is 88.8 cm³/mol. The number of hydrogen-bond acceptors (Lipinski definition) is 6. The van der Waals surface area contributed by atoms with Gasteiger partial charge < -0.3 is 14.2 Å². The minimum atomic E-state index is -0.571. The van der Waals surface area contributed by atoms with Gasteiger partial charge in [0.25, 0.3) is 0 Å². The highest BCUT2D eigenvalue weighted by atomic mass is 16.6. The Labute approximate surface area is 144 Å². The predicted octanol–water partition coefficient (Wildman–Crippen LogP) is 2.79. The van der Waals surface area contributed by atoms with Crippen molar-refractivity contribution in [1.29, 1.82) is 0 Å². The van der Waals surface area contributed by atoms with Gasteiger partial charge in [-0.25, -0.2) is 0 Å². The number of fused-ring (bicyclic) bond motifs is 2. The largest absolute Gasteiger partial charge is 0.492 e. The molecule has 6 heteroatoms. The molecular weight excluding hydrogens is 324 g/mol. The summed E-state index contributed by atoms with van der Waals surface area (Å²) in [4.78, 5) is 37.2. The molecule has 0 bridgehead atoms. The Balaban J connectivity index is 2.32. The number of benzene rings is 2. The van der Waals surface area contributed by atoms with Gasteiger partial charge in [-0.05, 0) is 13.0 Å². The van der Waals surface area contributed by atoms with Crippen LogP contribution in [0.4, 0.5) is 0 Å². The minimum Gasteiger partial charge on any atom is -0.492 e. The van der Waals surface area contributed by atoms with Crippen LogP contribution in [0, 0.1) is 0 Å². The van der Waals surface area contributed by atoms with Crippen molar-refractivity contribution in [1.82, 2.24) is 0 Å². The van der Waals surface area contributed by atoms with E-state index in [1.807, 2.05) is 0 Å². The number of methoxy groups -OCH3 is 1. The molecule has 0 N–H and O–H groups in total. The summed E-state index contributed by atoms with van der Waals surface area (Å²) in [5, 5.41) is 0. The van der Waals surface area contributed by atoms with Crippen LogP contribution in [0.3, 0.4) is 0 Å². The van der Waals surface area contributed by atoms with Gasteiger partial charge in [0.1, 0.15) is 0 Å². The van der Waals surface area contributed by atoms with E-state index in [9.17, 15) is 14.4 Å². The lowest BCUT2D eigenvalue weighted by Gasteiger charge is -2.23. The first-order valence-corrected chi connectivity index (χ1v) is 7.74. The van der Waals surface area contributed by atoms with Crippen molar-refractivity contribution >= 4 is 17.5 Å². The van der Waals surface area contributed by atoms with Crippen molar-refractivity contribution in [2.75, 3.05) is 13.7 Å². The average Bonchev–Trinajstić information content (AvgIpc) is 2.60. The van der Waals surface area contributed by atoms with E-state index in [4.69, 9.17) is 14.2 Å². The van der Waals surface area contributed by atoms with E-state index in [0.29, 0.717) is 11.1 Å². The van der Waals surface area contributed by atoms with Gasteiger partial charge >= 0.3 is 5.97 Å². The summed E-state index contributed by atoms with van der Waals surface area (Å²) in [6.07, 6.45) is 0. The first-order valence-electron chi connectivity index (χ1n) is 7.74. The molecule has 128 valence electrons. The zero-order valence-corrected chi connectivity index (χ0v) is 14.0.